The third-order valence-corrected chi connectivity index (χ3v) is 2.32. The summed E-state index contributed by atoms with van der Waals surface area (Å²) in [7, 11) is 0. The highest BCUT2D eigenvalue weighted by molar-refractivity contribution is 5.94. The van der Waals surface area contributed by atoms with Gasteiger partial charge in [0.2, 0.25) is 0 Å². The van der Waals surface area contributed by atoms with E-state index in [1.54, 1.807) is 18.2 Å². The molecule has 2 rings (SSSR count). The first kappa shape index (κ1) is 10.4. The summed E-state index contributed by atoms with van der Waals surface area (Å²) in [5.74, 6) is -0.259. The van der Waals surface area contributed by atoms with Crippen LogP contribution < -0.4 is 10.7 Å². The number of carbonyl (C=O) groups excluding carboxylic acids is 1. The Kier molecular flexibility index (Phi) is 2.72. The average Bonchev–Trinajstić information content (AvgIpc) is 2.29. The van der Waals surface area contributed by atoms with Crippen molar-refractivity contribution < 1.29 is 4.79 Å². The van der Waals surface area contributed by atoms with E-state index in [9.17, 15) is 9.59 Å². The molecule has 1 heterocycles. The minimum Gasteiger partial charge on any atom is -0.351 e. The van der Waals surface area contributed by atoms with E-state index in [2.05, 4.69) is 10.3 Å². The van der Waals surface area contributed by atoms with Crippen LogP contribution in [-0.4, -0.2) is 17.4 Å². The van der Waals surface area contributed by atoms with E-state index in [4.69, 9.17) is 0 Å². The van der Waals surface area contributed by atoms with Crippen molar-refractivity contribution in [2.75, 3.05) is 6.54 Å². The van der Waals surface area contributed by atoms with Crippen LogP contribution in [0.15, 0.2) is 35.1 Å². The molecular weight excluding hydrogens is 204 g/mol. The summed E-state index contributed by atoms with van der Waals surface area (Å²) < 4.78 is 0. The average molecular weight is 216 g/mol. The van der Waals surface area contributed by atoms with Crippen molar-refractivity contribution in [3.8, 4) is 0 Å². The number of rotatable bonds is 2. The van der Waals surface area contributed by atoms with Crippen molar-refractivity contribution in [3.63, 3.8) is 0 Å². The smallest absolute Gasteiger partial charge is 0.267 e. The second kappa shape index (κ2) is 4.18. The minimum absolute atomic E-state index is 0.143. The van der Waals surface area contributed by atoms with Crippen molar-refractivity contribution >= 4 is 16.8 Å². The van der Waals surface area contributed by atoms with Gasteiger partial charge in [-0.05, 0) is 19.1 Å². The van der Waals surface area contributed by atoms with E-state index in [0.717, 1.165) is 0 Å². The maximum atomic E-state index is 11.7. The lowest BCUT2D eigenvalue weighted by atomic mass is 10.2. The predicted molar refractivity (Wildman–Crippen MR) is 62.6 cm³/mol. The Morgan fingerprint density at radius 3 is 2.88 bits per heavy atom. The highest BCUT2D eigenvalue weighted by atomic mass is 16.2. The number of aromatic amines is 1. The molecule has 82 valence electrons. The standard InChI is InChI=1S/C12H12N2O2/c1-2-13-12(16)10-7-11(15)8-5-3-4-6-9(8)14-10/h3-7H,2H2,1H3,(H,13,16)(H,14,15). The fraction of sp³-hybridized carbons (Fsp3) is 0.167. The van der Waals surface area contributed by atoms with Crippen LogP contribution in [0.4, 0.5) is 0 Å². The lowest BCUT2D eigenvalue weighted by Gasteiger charge is -2.03. The van der Waals surface area contributed by atoms with Crippen LogP contribution >= 0.6 is 0 Å². The van der Waals surface area contributed by atoms with E-state index in [-0.39, 0.29) is 11.3 Å². The van der Waals surface area contributed by atoms with E-state index in [1.165, 1.54) is 6.07 Å². The molecule has 16 heavy (non-hydrogen) atoms. The summed E-state index contributed by atoms with van der Waals surface area (Å²) in [4.78, 5) is 26.2. The quantitative estimate of drug-likeness (QED) is 0.794. The molecule has 0 spiro atoms. The summed E-state index contributed by atoms with van der Waals surface area (Å²) >= 11 is 0. The molecule has 4 nitrogen and oxygen atoms in total. The molecule has 1 amide bonds. The van der Waals surface area contributed by atoms with Crippen LogP contribution in [0.2, 0.25) is 0 Å². The van der Waals surface area contributed by atoms with Gasteiger partial charge >= 0.3 is 0 Å². The lowest BCUT2D eigenvalue weighted by molar-refractivity contribution is 0.0951. The molecule has 0 bridgehead atoms. The van der Waals surface area contributed by atoms with Crippen molar-refractivity contribution in [2.45, 2.75) is 6.92 Å². The first-order valence-corrected chi connectivity index (χ1v) is 5.12. The number of nitrogens with one attached hydrogen (secondary N) is 2. The molecule has 0 saturated heterocycles. The molecule has 0 aliphatic carbocycles. The molecule has 0 unspecified atom stereocenters. The van der Waals surface area contributed by atoms with Crippen molar-refractivity contribution in [2.24, 2.45) is 0 Å². The van der Waals surface area contributed by atoms with Crippen molar-refractivity contribution in [3.05, 3.63) is 46.2 Å². The molecule has 0 saturated carbocycles. The lowest BCUT2D eigenvalue weighted by Crippen LogP contribution is -2.25. The van der Waals surface area contributed by atoms with Gasteiger partial charge in [-0.2, -0.15) is 0 Å². The van der Waals surface area contributed by atoms with Crippen LogP contribution in [0.5, 0.6) is 0 Å². The number of fused-ring (bicyclic) bond motifs is 1. The zero-order chi connectivity index (χ0) is 11.5. The summed E-state index contributed by atoms with van der Waals surface area (Å²) in [6.45, 7) is 2.37. The Morgan fingerprint density at radius 1 is 1.38 bits per heavy atom. The zero-order valence-corrected chi connectivity index (χ0v) is 8.91. The van der Waals surface area contributed by atoms with Gasteiger partial charge < -0.3 is 10.3 Å². The third kappa shape index (κ3) is 1.82. The highest BCUT2D eigenvalue weighted by Crippen LogP contribution is 2.06. The summed E-state index contributed by atoms with van der Waals surface area (Å²) in [6.07, 6.45) is 0. The van der Waals surface area contributed by atoms with E-state index in [0.29, 0.717) is 23.1 Å². The van der Waals surface area contributed by atoms with Gasteiger partial charge in [0.05, 0.1) is 0 Å². The van der Waals surface area contributed by atoms with Gasteiger partial charge in [-0.25, -0.2) is 0 Å². The Morgan fingerprint density at radius 2 is 2.12 bits per heavy atom. The van der Waals surface area contributed by atoms with Crippen LogP contribution in [0, 0.1) is 0 Å². The fourth-order valence-corrected chi connectivity index (χ4v) is 1.58. The monoisotopic (exact) mass is 216 g/mol. The molecule has 0 fully saturated rings. The molecule has 2 N–H and O–H groups in total. The van der Waals surface area contributed by atoms with Gasteiger partial charge in [-0.15, -0.1) is 0 Å². The Labute approximate surface area is 92.3 Å². The van der Waals surface area contributed by atoms with Crippen LogP contribution in [0.3, 0.4) is 0 Å². The molecule has 0 aliphatic heterocycles. The SMILES string of the molecule is CCNC(=O)c1cc(=O)c2ccccc2[nH]1. The van der Waals surface area contributed by atoms with Crippen LogP contribution in [-0.2, 0) is 0 Å². The van der Waals surface area contributed by atoms with E-state index in [1.807, 2.05) is 13.0 Å². The highest BCUT2D eigenvalue weighted by Gasteiger charge is 2.07. The molecule has 0 atom stereocenters. The Balaban J connectivity index is 2.58. The number of benzene rings is 1. The van der Waals surface area contributed by atoms with Gasteiger partial charge in [0.1, 0.15) is 5.69 Å². The Hall–Kier alpha value is -2.10. The van der Waals surface area contributed by atoms with Gasteiger partial charge in [0, 0.05) is 23.5 Å². The molecule has 0 radical (unpaired) electrons. The molecule has 1 aromatic heterocycles. The summed E-state index contributed by atoms with van der Waals surface area (Å²) in [6, 6.07) is 8.45. The summed E-state index contributed by atoms with van der Waals surface area (Å²) in [5.41, 5.74) is 0.831. The van der Waals surface area contributed by atoms with Crippen molar-refractivity contribution in [1.82, 2.24) is 10.3 Å². The van der Waals surface area contributed by atoms with Crippen molar-refractivity contribution in [1.29, 1.82) is 0 Å². The first-order valence-electron chi connectivity index (χ1n) is 5.12. The Bertz CT molecular complexity index is 587. The predicted octanol–water partition coefficient (Wildman–Crippen LogP) is 1.28. The number of hydrogen-bond acceptors (Lipinski definition) is 2. The number of H-pyrrole nitrogens is 1. The van der Waals surface area contributed by atoms with Gasteiger partial charge in [-0.3, -0.25) is 9.59 Å². The maximum absolute atomic E-state index is 11.7. The normalized spacial score (nSPS) is 10.3. The number of hydrogen-bond donors (Lipinski definition) is 2. The van der Waals surface area contributed by atoms with Crippen LogP contribution in [0.25, 0.3) is 10.9 Å². The third-order valence-electron chi connectivity index (χ3n) is 2.32. The van der Waals surface area contributed by atoms with Gasteiger partial charge in [-0.1, -0.05) is 12.1 Å². The molecule has 4 heteroatoms. The second-order valence-electron chi connectivity index (χ2n) is 3.45. The zero-order valence-electron chi connectivity index (χ0n) is 8.91. The van der Waals surface area contributed by atoms with Gasteiger partial charge in [0.15, 0.2) is 5.43 Å². The molecule has 0 aliphatic rings. The number of carbonyl (C=O) groups is 1. The van der Waals surface area contributed by atoms with E-state index < -0.39 is 0 Å². The van der Waals surface area contributed by atoms with E-state index >= 15 is 0 Å². The maximum Gasteiger partial charge on any atom is 0.267 e. The number of amides is 1. The topological polar surface area (TPSA) is 62.0 Å². The fourth-order valence-electron chi connectivity index (χ4n) is 1.58. The summed E-state index contributed by atoms with van der Waals surface area (Å²) in [5, 5.41) is 3.24. The molecule has 1 aromatic carbocycles. The molecular formula is C12H12N2O2. The largest absolute Gasteiger partial charge is 0.351 e. The number of aromatic nitrogens is 1. The number of pyridine rings is 1. The second-order valence-corrected chi connectivity index (χ2v) is 3.45. The molecule has 2 aromatic rings. The minimum atomic E-state index is -0.259. The van der Waals surface area contributed by atoms with Gasteiger partial charge in [0.25, 0.3) is 5.91 Å². The number of para-hydroxylation sites is 1. The van der Waals surface area contributed by atoms with Crippen LogP contribution in [0.1, 0.15) is 17.4 Å². The first-order chi connectivity index (χ1) is 7.72.